The van der Waals surface area contributed by atoms with Crippen molar-refractivity contribution < 1.29 is 4.74 Å². The molecular formula is C13H26N4O. The van der Waals surface area contributed by atoms with Crippen LogP contribution in [0, 0.1) is 6.92 Å². The molecule has 1 N–H and O–H groups in total. The van der Waals surface area contributed by atoms with Crippen LogP contribution in [0.1, 0.15) is 19.0 Å². The normalized spacial score (nSPS) is 13.0. The molecule has 1 heterocycles. The number of anilines is 1. The van der Waals surface area contributed by atoms with Crippen LogP contribution in [-0.2, 0) is 11.3 Å². The van der Waals surface area contributed by atoms with Gasteiger partial charge in [0.05, 0.1) is 5.69 Å². The van der Waals surface area contributed by atoms with Gasteiger partial charge in [-0.2, -0.15) is 0 Å². The summed E-state index contributed by atoms with van der Waals surface area (Å²) in [6, 6.07) is 0.481. The lowest BCUT2D eigenvalue weighted by molar-refractivity contribution is 0.190. The van der Waals surface area contributed by atoms with Gasteiger partial charge >= 0.3 is 0 Å². The van der Waals surface area contributed by atoms with Crippen molar-refractivity contribution in [1.82, 2.24) is 14.5 Å². The van der Waals surface area contributed by atoms with Gasteiger partial charge in [-0.15, -0.1) is 0 Å². The van der Waals surface area contributed by atoms with Crippen molar-refractivity contribution in [3.8, 4) is 0 Å². The van der Waals surface area contributed by atoms with E-state index >= 15 is 0 Å². The highest BCUT2D eigenvalue weighted by Crippen LogP contribution is 2.09. The Hall–Kier alpha value is -1.07. The molecule has 5 nitrogen and oxygen atoms in total. The topological polar surface area (TPSA) is 42.3 Å². The minimum Gasteiger partial charge on any atom is -0.385 e. The van der Waals surface area contributed by atoms with Gasteiger partial charge in [0.25, 0.3) is 0 Å². The second-order valence-electron chi connectivity index (χ2n) is 4.94. The summed E-state index contributed by atoms with van der Waals surface area (Å²) in [6.07, 6.45) is 3.09. The van der Waals surface area contributed by atoms with Crippen LogP contribution in [0.25, 0.3) is 0 Å². The molecule has 0 saturated carbocycles. The molecular weight excluding hydrogens is 228 g/mol. The number of ether oxygens (including phenoxy) is 1. The Morgan fingerprint density at radius 3 is 2.83 bits per heavy atom. The zero-order valence-corrected chi connectivity index (χ0v) is 12.2. The molecule has 1 atom stereocenters. The Balaban J connectivity index is 2.53. The Labute approximate surface area is 110 Å². The Kier molecular flexibility index (Phi) is 6.15. The summed E-state index contributed by atoms with van der Waals surface area (Å²) in [5.74, 6) is 0.956. The Bertz CT molecular complexity index is 349. The van der Waals surface area contributed by atoms with Crippen molar-refractivity contribution in [1.29, 1.82) is 0 Å². The van der Waals surface area contributed by atoms with Crippen LogP contribution in [0.3, 0.4) is 0 Å². The van der Waals surface area contributed by atoms with Crippen molar-refractivity contribution in [2.75, 3.05) is 39.7 Å². The number of methoxy groups -OCH3 is 1. The molecule has 0 spiro atoms. The highest BCUT2D eigenvalue weighted by atomic mass is 16.5. The molecule has 104 valence electrons. The molecule has 1 unspecified atom stereocenters. The second kappa shape index (κ2) is 7.38. The monoisotopic (exact) mass is 254 g/mol. The van der Waals surface area contributed by atoms with E-state index in [9.17, 15) is 0 Å². The van der Waals surface area contributed by atoms with Crippen molar-refractivity contribution >= 4 is 5.95 Å². The van der Waals surface area contributed by atoms with Crippen molar-refractivity contribution in [2.45, 2.75) is 32.9 Å². The maximum absolute atomic E-state index is 5.08. The number of rotatable bonds is 8. The van der Waals surface area contributed by atoms with Crippen LogP contribution < -0.4 is 5.32 Å². The first kappa shape index (κ1) is 15.0. The Morgan fingerprint density at radius 1 is 1.50 bits per heavy atom. The van der Waals surface area contributed by atoms with E-state index in [0.717, 1.165) is 37.8 Å². The summed E-state index contributed by atoms with van der Waals surface area (Å²) in [5, 5.41) is 3.41. The first-order valence-electron chi connectivity index (χ1n) is 6.47. The number of likely N-dealkylation sites (N-methyl/N-ethyl adjacent to an activating group) is 1. The van der Waals surface area contributed by atoms with E-state index in [1.54, 1.807) is 7.11 Å². The lowest BCUT2D eigenvalue weighted by Crippen LogP contribution is -2.32. The molecule has 0 aromatic carbocycles. The summed E-state index contributed by atoms with van der Waals surface area (Å²) in [7, 11) is 5.91. The molecule has 1 aromatic rings. The number of hydrogen-bond donors (Lipinski definition) is 1. The fourth-order valence-electron chi connectivity index (χ4n) is 1.66. The summed E-state index contributed by atoms with van der Waals surface area (Å²) < 4.78 is 7.24. The fraction of sp³-hybridized carbons (Fsp3) is 0.769. The van der Waals surface area contributed by atoms with E-state index in [0.29, 0.717) is 6.04 Å². The molecule has 0 aliphatic rings. The summed E-state index contributed by atoms with van der Waals surface area (Å²) in [4.78, 5) is 6.71. The smallest absolute Gasteiger partial charge is 0.203 e. The number of hydrogen-bond acceptors (Lipinski definition) is 4. The Morgan fingerprint density at radius 2 is 2.22 bits per heavy atom. The van der Waals surface area contributed by atoms with Crippen LogP contribution in [0.15, 0.2) is 6.20 Å². The first-order chi connectivity index (χ1) is 8.54. The van der Waals surface area contributed by atoms with E-state index in [4.69, 9.17) is 4.74 Å². The van der Waals surface area contributed by atoms with Crippen LogP contribution in [0.2, 0.25) is 0 Å². The number of aryl methyl sites for hydroxylation is 2. The second-order valence-corrected chi connectivity index (χ2v) is 4.94. The zero-order valence-electron chi connectivity index (χ0n) is 12.2. The van der Waals surface area contributed by atoms with E-state index in [2.05, 4.69) is 47.0 Å². The minimum atomic E-state index is 0.481. The molecule has 0 fully saturated rings. The third kappa shape index (κ3) is 4.66. The van der Waals surface area contributed by atoms with E-state index in [1.165, 1.54) is 0 Å². The van der Waals surface area contributed by atoms with Gasteiger partial charge < -0.3 is 19.5 Å². The molecule has 0 aliphatic heterocycles. The van der Waals surface area contributed by atoms with E-state index in [1.807, 2.05) is 6.92 Å². The van der Waals surface area contributed by atoms with Crippen molar-refractivity contribution in [2.24, 2.45) is 0 Å². The lowest BCUT2D eigenvalue weighted by Gasteiger charge is -2.20. The highest BCUT2D eigenvalue weighted by molar-refractivity contribution is 5.28. The maximum Gasteiger partial charge on any atom is 0.203 e. The fourth-order valence-corrected chi connectivity index (χ4v) is 1.66. The highest BCUT2D eigenvalue weighted by Gasteiger charge is 2.08. The maximum atomic E-state index is 5.08. The van der Waals surface area contributed by atoms with Gasteiger partial charge in [0, 0.05) is 39.0 Å². The van der Waals surface area contributed by atoms with Gasteiger partial charge in [0.2, 0.25) is 5.95 Å². The van der Waals surface area contributed by atoms with Gasteiger partial charge in [-0.3, -0.25) is 0 Å². The van der Waals surface area contributed by atoms with Crippen molar-refractivity contribution in [3.05, 3.63) is 11.9 Å². The first-order valence-corrected chi connectivity index (χ1v) is 6.47. The SMILES string of the molecule is COCCCn1cc(C)nc1NCC(C)N(C)C. The molecule has 0 radical (unpaired) electrons. The molecule has 1 rings (SSSR count). The number of imidazole rings is 1. The van der Waals surface area contributed by atoms with Gasteiger partial charge in [-0.1, -0.05) is 0 Å². The van der Waals surface area contributed by atoms with E-state index < -0.39 is 0 Å². The third-order valence-corrected chi connectivity index (χ3v) is 3.08. The summed E-state index contributed by atoms with van der Waals surface area (Å²) in [5.41, 5.74) is 1.05. The average Bonchev–Trinajstić information content (AvgIpc) is 2.67. The molecule has 5 heteroatoms. The summed E-state index contributed by atoms with van der Waals surface area (Å²) in [6.45, 7) is 6.83. The van der Waals surface area contributed by atoms with Gasteiger partial charge in [0.15, 0.2) is 0 Å². The van der Waals surface area contributed by atoms with Crippen LogP contribution in [0.4, 0.5) is 5.95 Å². The number of nitrogens with one attached hydrogen (secondary N) is 1. The standard InChI is InChI=1S/C13H26N4O/c1-11-10-17(7-6-8-18-5)13(15-11)14-9-12(2)16(3)4/h10,12H,6-9H2,1-5H3,(H,14,15). The zero-order chi connectivity index (χ0) is 13.5. The van der Waals surface area contributed by atoms with Crippen LogP contribution in [-0.4, -0.2) is 54.8 Å². The third-order valence-electron chi connectivity index (χ3n) is 3.08. The minimum absolute atomic E-state index is 0.481. The molecule has 18 heavy (non-hydrogen) atoms. The predicted octanol–water partition coefficient (Wildman–Crippen LogP) is 1.59. The number of nitrogens with zero attached hydrogens (tertiary/aromatic N) is 3. The quantitative estimate of drug-likeness (QED) is 0.715. The molecule has 1 aromatic heterocycles. The van der Waals surface area contributed by atoms with Gasteiger partial charge in [0.1, 0.15) is 0 Å². The lowest BCUT2D eigenvalue weighted by atomic mass is 10.3. The molecule has 0 aliphatic carbocycles. The number of aromatic nitrogens is 2. The molecule has 0 amide bonds. The predicted molar refractivity (Wildman–Crippen MR) is 75.1 cm³/mol. The van der Waals surface area contributed by atoms with E-state index in [-0.39, 0.29) is 0 Å². The molecule has 0 saturated heterocycles. The van der Waals surface area contributed by atoms with Crippen LogP contribution in [0.5, 0.6) is 0 Å². The molecule has 0 bridgehead atoms. The van der Waals surface area contributed by atoms with Gasteiger partial charge in [-0.25, -0.2) is 4.98 Å². The van der Waals surface area contributed by atoms with Gasteiger partial charge in [-0.05, 0) is 34.4 Å². The summed E-state index contributed by atoms with van der Waals surface area (Å²) >= 11 is 0. The van der Waals surface area contributed by atoms with Crippen LogP contribution >= 0.6 is 0 Å². The largest absolute Gasteiger partial charge is 0.385 e. The van der Waals surface area contributed by atoms with Crippen molar-refractivity contribution in [3.63, 3.8) is 0 Å². The average molecular weight is 254 g/mol.